The number of imide groups is 1. The Kier molecular flexibility index (Phi) is 2.87. The van der Waals surface area contributed by atoms with E-state index in [-0.39, 0.29) is 24.4 Å². The molecule has 0 saturated carbocycles. The van der Waals surface area contributed by atoms with E-state index in [9.17, 15) is 14.4 Å². The summed E-state index contributed by atoms with van der Waals surface area (Å²) in [6.07, 6.45) is 1.16. The van der Waals surface area contributed by atoms with Crippen LogP contribution in [0.2, 0.25) is 0 Å². The molecule has 0 bridgehead atoms. The Bertz CT molecular complexity index is 826. The minimum atomic E-state index is -0.355. The molecule has 0 spiro atoms. The lowest BCUT2D eigenvalue weighted by atomic mass is 10.1. The molecule has 112 valence electrons. The summed E-state index contributed by atoms with van der Waals surface area (Å²) in [4.78, 5) is 36.7. The van der Waals surface area contributed by atoms with Gasteiger partial charge >= 0.3 is 6.03 Å². The lowest BCUT2D eigenvalue weighted by Gasteiger charge is -2.31. The molecule has 1 aromatic heterocycles. The van der Waals surface area contributed by atoms with Crippen LogP contribution in [-0.4, -0.2) is 32.4 Å². The highest BCUT2D eigenvalue weighted by Gasteiger charge is 2.40. The Morgan fingerprint density at radius 2 is 1.77 bits per heavy atom. The first-order valence-electron chi connectivity index (χ1n) is 7.04. The van der Waals surface area contributed by atoms with Crippen LogP contribution in [0.1, 0.15) is 25.0 Å². The van der Waals surface area contributed by atoms with Crippen molar-refractivity contribution >= 4 is 44.7 Å². The number of hydrogen-bond acceptors (Lipinski definition) is 3. The van der Waals surface area contributed by atoms with Crippen LogP contribution >= 0.6 is 15.9 Å². The van der Waals surface area contributed by atoms with Crippen molar-refractivity contribution in [1.82, 2.24) is 14.6 Å². The molecule has 0 atom stereocenters. The summed E-state index contributed by atoms with van der Waals surface area (Å²) in [5.41, 5.74) is 1.55. The minimum absolute atomic E-state index is 0.234. The molecule has 22 heavy (non-hydrogen) atoms. The van der Waals surface area contributed by atoms with Crippen LogP contribution in [0.5, 0.6) is 0 Å². The fourth-order valence-corrected chi connectivity index (χ4v) is 3.57. The monoisotopic (exact) mass is 361 g/mol. The Hall–Kier alpha value is -2.15. The van der Waals surface area contributed by atoms with E-state index in [0.717, 1.165) is 26.1 Å². The van der Waals surface area contributed by atoms with Gasteiger partial charge in [0.1, 0.15) is 0 Å². The predicted molar refractivity (Wildman–Crippen MR) is 81.7 cm³/mol. The molecule has 2 aromatic rings. The third kappa shape index (κ3) is 1.75. The number of aromatic nitrogens is 1. The summed E-state index contributed by atoms with van der Waals surface area (Å²) < 4.78 is 2.48. The molecule has 1 fully saturated rings. The molecular formula is C15H12BrN3O3. The van der Waals surface area contributed by atoms with Crippen molar-refractivity contribution < 1.29 is 14.4 Å². The fourth-order valence-electron chi connectivity index (χ4n) is 3.10. The van der Waals surface area contributed by atoms with E-state index in [1.165, 1.54) is 5.01 Å². The van der Waals surface area contributed by atoms with Gasteiger partial charge in [0.15, 0.2) is 0 Å². The Morgan fingerprint density at radius 3 is 2.50 bits per heavy atom. The molecule has 4 rings (SSSR count). The second kappa shape index (κ2) is 4.67. The zero-order chi connectivity index (χ0) is 15.4. The second-order valence-corrected chi connectivity index (χ2v) is 6.29. The molecule has 1 aromatic carbocycles. The SMILES string of the molecule is O=C1CCCC(=O)N1N1Cc2cc3c(Br)cccc3n2C1=O. The highest BCUT2D eigenvalue weighted by atomic mass is 79.9. The topological polar surface area (TPSA) is 62.6 Å². The van der Waals surface area contributed by atoms with E-state index >= 15 is 0 Å². The van der Waals surface area contributed by atoms with E-state index in [1.807, 2.05) is 24.3 Å². The lowest BCUT2D eigenvalue weighted by molar-refractivity contribution is -0.163. The highest BCUT2D eigenvalue weighted by molar-refractivity contribution is 9.10. The third-order valence-electron chi connectivity index (χ3n) is 4.09. The maximum Gasteiger partial charge on any atom is 0.348 e. The molecule has 2 aliphatic heterocycles. The molecule has 0 unspecified atom stereocenters. The molecular weight excluding hydrogens is 350 g/mol. The molecule has 0 radical (unpaired) electrons. The number of hydrogen-bond donors (Lipinski definition) is 0. The van der Waals surface area contributed by atoms with Gasteiger partial charge in [0.05, 0.1) is 17.8 Å². The number of halogens is 1. The summed E-state index contributed by atoms with van der Waals surface area (Å²) >= 11 is 3.47. The molecule has 3 amide bonds. The van der Waals surface area contributed by atoms with Crippen molar-refractivity contribution in [3.05, 3.63) is 34.4 Å². The van der Waals surface area contributed by atoms with E-state index in [4.69, 9.17) is 0 Å². The number of nitrogens with zero attached hydrogens (tertiary/aromatic N) is 3. The van der Waals surface area contributed by atoms with Crippen molar-refractivity contribution in [3.63, 3.8) is 0 Å². The van der Waals surface area contributed by atoms with Crippen LogP contribution in [0.3, 0.4) is 0 Å². The number of hydrazine groups is 1. The first-order chi connectivity index (χ1) is 10.6. The fraction of sp³-hybridized carbons (Fsp3) is 0.267. The summed E-state index contributed by atoms with van der Waals surface area (Å²) in [6.45, 7) is 0.234. The van der Waals surface area contributed by atoms with Crippen LogP contribution in [-0.2, 0) is 16.1 Å². The van der Waals surface area contributed by atoms with E-state index < -0.39 is 0 Å². The summed E-state index contributed by atoms with van der Waals surface area (Å²) in [6, 6.07) is 7.18. The van der Waals surface area contributed by atoms with Gasteiger partial charge in [0.25, 0.3) is 0 Å². The Morgan fingerprint density at radius 1 is 1.05 bits per heavy atom. The lowest BCUT2D eigenvalue weighted by Crippen LogP contribution is -2.52. The smallest absolute Gasteiger partial charge is 0.273 e. The number of carbonyl (C=O) groups excluding carboxylic acids is 3. The van der Waals surface area contributed by atoms with E-state index in [0.29, 0.717) is 19.3 Å². The summed E-state index contributed by atoms with van der Waals surface area (Å²) in [5, 5.41) is 3.21. The van der Waals surface area contributed by atoms with Crippen LogP contribution < -0.4 is 0 Å². The molecule has 2 aliphatic rings. The van der Waals surface area contributed by atoms with Gasteiger partial charge in [-0.15, -0.1) is 0 Å². The molecule has 0 N–H and O–H groups in total. The van der Waals surface area contributed by atoms with Gasteiger partial charge in [0.2, 0.25) is 11.8 Å². The van der Waals surface area contributed by atoms with Crippen LogP contribution in [0.4, 0.5) is 4.79 Å². The standard InChI is InChI=1S/C15H12BrN3O3/c16-11-3-1-4-12-10(11)7-9-8-17(15(22)18(9)12)19-13(20)5-2-6-14(19)21/h1,3-4,7H,2,5-6,8H2. The molecule has 3 heterocycles. The summed E-state index contributed by atoms with van der Waals surface area (Å²) in [7, 11) is 0. The van der Waals surface area contributed by atoms with Crippen molar-refractivity contribution in [2.24, 2.45) is 0 Å². The van der Waals surface area contributed by atoms with Gasteiger partial charge in [-0.1, -0.05) is 22.0 Å². The Labute approximate surface area is 134 Å². The van der Waals surface area contributed by atoms with E-state index in [1.54, 1.807) is 4.57 Å². The van der Waals surface area contributed by atoms with Gasteiger partial charge < -0.3 is 0 Å². The normalized spacial score (nSPS) is 18.5. The van der Waals surface area contributed by atoms with Gasteiger partial charge in [-0.3, -0.25) is 14.2 Å². The first-order valence-corrected chi connectivity index (χ1v) is 7.83. The second-order valence-electron chi connectivity index (χ2n) is 5.44. The molecule has 6 nitrogen and oxygen atoms in total. The predicted octanol–water partition coefficient (Wildman–Crippen LogP) is 2.64. The molecule has 0 aliphatic carbocycles. The maximum absolute atomic E-state index is 12.7. The number of amides is 3. The van der Waals surface area contributed by atoms with Gasteiger partial charge in [0, 0.05) is 22.7 Å². The number of carbonyl (C=O) groups is 3. The largest absolute Gasteiger partial charge is 0.348 e. The van der Waals surface area contributed by atoms with Gasteiger partial charge in [-0.25, -0.2) is 9.80 Å². The highest BCUT2D eigenvalue weighted by Crippen LogP contribution is 2.32. The van der Waals surface area contributed by atoms with Gasteiger partial charge in [-0.2, -0.15) is 5.01 Å². The first kappa shape index (κ1) is 13.5. The molecule has 1 saturated heterocycles. The number of rotatable bonds is 1. The van der Waals surface area contributed by atoms with E-state index in [2.05, 4.69) is 15.9 Å². The average molecular weight is 362 g/mol. The van der Waals surface area contributed by atoms with Crippen molar-refractivity contribution in [2.45, 2.75) is 25.8 Å². The van der Waals surface area contributed by atoms with Crippen molar-refractivity contribution in [2.75, 3.05) is 0 Å². The Balaban J connectivity index is 1.78. The zero-order valence-electron chi connectivity index (χ0n) is 11.6. The minimum Gasteiger partial charge on any atom is -0.273 e. The average Bonchev–Trinajstić information content (AvgIpc) is 2.98. The quantitative estimate of drug-likeness (QED) is 0.733. The number of benzene rings is 1. The van der Waals surface area contributed by atoms with Crippen LogP contribution in [0.25, 0.3) is 10.9 Å². The van der Waals surface area contributed by atoms with Crippen molar-refractivity contribution in [1.29, 1.82) is 0 Å². The number of fused-ring (bicyclic) bond motifs is 3. The molecule has 7 heteroatoms. The van der Waals surface area contributed by atoms with Crippen molar-refractivity contribution in [3.8, 4) is 0 Å². The van der Waals surface area contributed by atoms with Crippen LogP contribution in [0, 0.1) is 0 Å². The summed E-state index contributed by atoms with van der Waals surface area (Å²) in [5.74, 6) is -0.610. The van der Waals surface area contributed by atoms with Crippen LogP contribution in [0.15, 0.2) is 28.7 Å². The number of piperidine rings is 1. The zero-order valence-corrected chi connectivity index (χ0v) is 13.2. The van der Waals surface area contributed by atoms with Gasteiger partial charge in [-0.05, 0) is 24.6 Å². The third-order valence-corrected chi connectivity index (χ3v) is 4.78. The maximum atomic E-state index is 12.7.